The van der Waals surface area contributed by atoms with E-state index >= 15 is 0 Å². The summed E-state index contributed by atoms with van der Waals surface area (Å²) in [6.07, 6.45) is 2.50. The van der Waals surface area contributed by atoms with Crippen LogP contribution in [0.15, 0.2) is 0 Å². The fourth-order valence-electron chi connectivity index (χ4n) is 2.15. The molecule has 1 unspecified atom stereocenters. The van der Waals surface area contributed by atoms with E-state index in [0.717, 1.165) is 25.9 Å². The molecule has 0 aromatic carbocycles. The Bertz CT molecular complexity index is 252. The summed E-state index contributed by atoms with van der Waals surface area (Å²) in [5.41, 5.74) is -0.878. The van der Waals surface area contributed by atoms with Crippen molar-refractivity contribution in [3.63, 3.8) is 0 Å². The Labute approximate surface area is 103 Å². The first-order chi connectivity index (χ1) is 7.98. The predicted molar refractivity (Wildman–Crippen MR) is 66.2 cm³/mol. The number of nitrogens with one attached hydrogen (secondary N) is 1. The molecule has 2 N–H and O–H groups in total. The second-order valence-corrected chi connectivity index (χ2v) is 5.10. The van der Waals surface area contributed by atoms with Crippen molar-refractivity contribution in [1.82, 2.24) is 10.2 Å². The van der Waals surface area contributed by atoms with Crippen LogP contribution in [0.5, 0.6) is 0 Å². The van der Waals surface area contributed by atoms with Crippen LogP contribution in [0, 0.1) is 0 Å². The first-order valence-corrected chi connectivity index (χ1v) is 6.16. The van der Waals surface area contributed by atoms with Gasteiger partial charge in [-0.1, -0.05) is 0 Å². The van der Waals surface area contributed by atoms with Crippen molar-refractivity contribution in [1.29, 1.82) is 0 Å². The van der Waals surface area contributed by atoms with Crippen molar-refractivity contribution >= 4 is 5.97 Å². The molecule has 5 nitrogen and oxygen atoms in total. The third kappa shape index (κ3) is 4.26. The number of methoxy groups -OCH3 is 1. The predicted octanol–water partition coefficient (Wildman–Crippen LogP) is 0.550. The lowest BCUT2D eigenvalue weighted by atomic mass is 9.94. The summed E-state index contributed by atoms with van der Waals surface area (Å²) in [5, 5.41) is 12.6. The Kier molecular flexibility index (Phi) is 5.36. The minimum atomic E-state index is -0.878. The molecule has 1 heterocycles. The number of rotatable bonds is 6. The van der Waals surface area contributed by atoms with Crippen LogP contribution in [0.3, 0.4) is 0 Å². The zero-order valence-electron chi connectivity index (χ0n) is 11.0. The van der Waals surface area contributed by atoms with Gasteiger partial charge in [-0.3, -0.25) is 10.1 Å². The summed E-state index contributed by atoms with van der Waals surface area (Å²) in [6, 6.07) is 0.296. The van der Waals surface area contributed by atoms with E-state index in [1.54, 1.807) is 14.0 Å². The number of ether oxygens (including phenoxy) is 1. The van der Waals surface area contributed by atoms with Crippen molar-refractivity contribution in [3.05, 3.63) is 0 Å². The maximum absolute atomic E-state index is 11.3. The fourth-order valence-corrected chi connectivity index (χ4v) is 2.15. The number of aliphatic carboxylic acids is 1. The van der Waals surface area contributed by atoms with E-state index in [0.29, 0.717) is 19.1 Å². The number of carbonyl (C=O) groups is 1. The van der Waals surface area contributed by atoms with Gasteiger partial charge in [-0.25, -0.2) is 0 Å². The van der Waals surface area contributed by atoms with E-state index in [9.17, 15) is 9.90 Å². The largest absolute Gasteiger partial charge is 0.480 e. The molecule has 0 amide bonds. The first-order valence-electron chi connectivity index (χ1n) is 6.16. The van der Waals surface area contributed by atoms with Crippen molar-refractivity contribution in [2.75, 3.05) is 33.9 Å². The molecule has 0 radical (unpaired) electrons. The highest BCUT2D eigenvalue weighted by molar-refractivity contribution is 5.78. The highest BCUT2D eigenvalue weighted by Gasteiger charge is 2.35. The van der Waals surface area contributed by atoms with Crippen LogP contribution in [0.1, 0.15) is 26.2 Å². The van der Waals surface area contributed by atoms with Crippen LogP contribution in [-0.4, -0.2) is 61.4 Å². The Balaban J connectivity index is 2.51. The number of carboxylic acids is 1. The van der Waals surface area contributed by atoms with Gasteiger partial charge in [-0.2, -0.15) is 0 Å². The normalized spacial score (nSPS) is 22.3. The van der Waals surface area contributed by atoms with Crippen molar-refractivity contribution in [2.24, 2.45) is 0 Å². The zero-order chi connectivity index (χ0) is 12.9. The van der Waals surface area contributed by atoms with Crippen LogP contribution < -0.4 is 5.32 Å². The van der Waals surface area contributed by atoms with Gasteiger partial charge in [0, 0.05) is 19.8 Å². The summed E-state index contributed by atoms with van der Waals surface area (Å²) < 4.78 is 4.98. The summed E-state index contributed by atoms with van der Waals surface area (Å²) in [4.78, 5) is 13.6. The van der Waals surface area contributed by atoms with Gasteiger partial charge in [0.15, 0.2) is 0 Å². The molecule has 1 aliphatic heterocycles. The van der Waals surface area contributed by atoms with E-state index < -0.39 is 11.5 Å². The lowest BCUT2D eigenvalue weighted by Gasteiger charge is -2.36. The topological polar surface area (TPSA) is 61.8 Å². The van der Waals surface area contributed by atoms with E-state index in [-0.39, 0.29) is 0 Å². The molecule has 1 atom stereocenters. The molecule has 1 fully saturated rings. The van der Waals surface area contributed by atoms with Crippen LogP contribution in [0.25, 0.3) is 0 Å². The monoisotopic (exact) mass is 244 g/mol. The number of hydrogen-bond donors (Lipinski definition) is 2. The van der Waals surface area contributed by atoms with E-state index in [1.165, 1.54) is 0 Å². The third-order valence-electron chi connectivity index (χ3n) is 3.52. The van der Waals surface area contributed by atoms with Crippen LogP contribution in [0.2, 0.25) is 0 Å². The first kappa shape index (κ1) is 14.4. The molecule has 1 rings (SSSR count). The molecule has 1 aliphatic rings. The van der Waals surface area contributed by atoms with Crippen LogP contribution in [-0.2, 0) is 9.53 Å². The molecule has 0 aromatic rings. The van der Waals surface area contributed by atoms with Gasteiger partial charge in [0.05, 0.1) is 0 Å². The maximum atomic E-state index is 11.3. The number of carboxylic acid groups (broad SMARTS) is 1. The second kappa shape index (κ2) is 6.33. The standard InChI is InChI=1S/C12H24N2O3/c1-12(11(15)16,6-9-17-3)13-10-4-7-14(2)8-5-10/h10,13H,4-9H2,1-3H3,(H,15,16). The molecule has 0 bridgehead atoms. The maximum Gasteiger partial charge on any atom is 0.323 e. The SMILES string of the molecule is COCCC(C)(NC1CCN(C)CC1)C(=O)O. The second-order valence-electron chi connectivity index (χ2n) is 5.10. The molecular weight excluding hydrogens is 220 g/mol. The molecule has 0 aromatic heterocycles. The van der Waals surface area contributed by atoms with Gasteiger partial charge in [0.25, 0.3) is 0 Å². The average molecular weight is 244 g/mol. The van der Waals surface area contributed by atoms with Gasteiger partial charge in [0.2, 0.25) is 0 Å². The number of likely N-dealkylation sites (tertiary alicyclic amines) is 1. The molecule has 0 aliphatic carbocycles. The lowest BCUT2D eigenvalue weighted by Crippen LogP contribution is -2.56. The number of piperidine rings is 1. The molecule has 5 heteroatoms. The van der Waals surface area contributed by atoms with E-state index in [2.05, 4.69) is 17.3 Å². The molecule has 17 heavy (non-hydrogen) atoms. The van der Waals surface area contributed by atoms with E-state index in [1.807, 2.05) is 0 Å². The Morgan fingerprint density at radius 3 is 2.59 bits per heavy atom. The molecular formula is C12H24N2O3. The molecule has 100 valence electrons. The quantitative estimate of drug-likeness (QED) is 0.714. The Morgan fingerprint density at radius 2 is 2.12 bits per heavy atom. The van der Waals surface area contributed by atoms with Crippen LogP contribution in [0.4, 0.5) is 0 Å². The van der Waals surface area contributed by atoms with Crippen molar-refractivity contribution in [3.8, 4) is 0 Å². The smallest absolute Gasteiger partial charge is 0.323 e. The molecule has 1 saturated heterocycles. The average Bonchev–Trinajstić information content (AvgIpc) is 2.29. The highest BCUT2D eigenvalue weighted by atomic mass is 16.5. The number of nitrogens with zero attached hydrogens (tertiary/aromatic N) is 1. The van der Waals surface area contributed by atoms with Gasteiger partial charge < -0.3 is 14.7 Å². The van der Waals surface area contributed by atoms with Gasteiger partial charge in [-0.05, 0) is 46.3 Å². The molecule has 0 spiro atoms. The van der Waals surface area contributed by atoms with Crippen molar-refractivity contribution in [2.45, 2.75) is 37.8 Å². The lowest BCUT2D eigenvalue weighted by molar-refractivity contribution is -0.145. The van der Waals surface area contributed by atoms with Crippen LogP contribution >= 0.6 is 0 Å². The fraction of sp³-hybridized carbons (Fsp3) is 0.917. The van der Waals surface area contributed by atoms with Crippen molar-refractivity contribution < 1.29 is 14.6 Å². The minimum absolute atomic E-state index is 0.296. The zero-order valence-corrected chi connectivity index (χ0v) is 11.0. The van der Waals surface area contributed by atoms with E-state index in [4.69, 9.17) is 4.74 Å². The minimum Gasteiger partial charge on any atom is -0.480 e. The summed E-state index contributed by atoms with van der Waals surface area (Å²) in [6.45, 7) is 4.25. The summed E-state index contributed by atoms with van der Waals surface area (Å²) in [7, 11) is 3.69. The third-order valence-corrected chi connectivity index (χ3v) is 3.52. The highest BCUT2D eigenvalue weighted by Crippen LogP contribution is 2.16. The van der Waals surface area contributed by atoms with Gasteiger partial charge in [0.1, 0.15) is 5.54 Å². The van der Waals surface area contributed by atoms with Gasteiger partial charge in [-0.15, -0.1) is 0 Å². The number of hydrogen-bond acceptors (Lipinski definition) is 4. The Hall–Kier alpha value is -0.650. The Morgan fingerprint density at radius 1 is 1.53 bits per heavy atom. The molecule has 0 saturated carbocycles. The van der Waals surface area contributed by atoms with Gasteiger partial charge >= 0.3 is 5.97 Å². The summed E-state index contributed by atoms with van der Waals surface area (Å²) in [5.74, 6) is -0.798. The summed E-state index contributed by atoms with van der Waals surface area (Å²) >= 11 is 0.